The number of carboxylic acid groups (broad SMARTS) is 1. The average molecular weight is 460 g/mol. The van der Waals surface area contributed by atoms with Gasteiger partial charge in [0.05, 0.1) is 37.0 Å². The number of hydrogen-bond acceptors (Lipinski definition) is 9. The zero-order valence-corrected chi connectivity index (χ0v) is 18.6. The molecule has 0 radical (unpaired) electrons. The molecule has 2 aliphatic heterocycles. The largest absolute Gasteiger partial charge is 0.480 e. The number of halogens is 1. The quantitative estimate of drug-likeness (QED) is 0.518. The number of hydrogen-bond donors (Lipinski definition) is 1. The van der Waals surface area contributed by atoms with Gasteiger partial charge in [0.1, 0.15) is 5.82 Å². The third-order valence-corrected chi connectivity index (χ3v) is 6.17. The number of likely N-dealkylation sites (N-methyl/N-ethyl adjacent to an activating group) is 1. The van der Waals surface area contributed by atoms with Gasteiger partial charge in [-0.25, -0.2) is 14.4 Å². The number of benzene rings is 1. The van der Waals surface area contributed by atoms with Crippen molar-refractivity contribution in [2.24, 2.45) is 5.41 Å². The summed E-state index contributed by atoms with van der Waals surface area (Å²) in [5.41, 5.74) is -1.86. The first-order valence-corrected chi connectivity index (χ1v) is 10.6. The summed E-state index contributed by atoms with van der Waals surface area (Å²) < 4.78 is 19.9. The molecule has 33 heavy (non-hydrogen) atoms. The second-order valence-corrected chi connectivity index (χ2v) is 8.13. The highest BCUT2D eigenvalue weighted by atomic mass is 19.1. The average Bonchev–Trinajstić information content (AvgIpc) is 2.79. The number of aliphatic carboxylic acids is 1. The maximum absolute atomic E-state index is 15.0. The molecule has 10 nitrogen and oxygen atoms in total. The van der Waals surface area contributed by atoms with Crippen LogP contribution in [0, 0.1) is 11.2 Å². The Morgan fingerprint density at radius 1 is 1.21 bits per heavy atom. The summed E-state index contributed by atoms with van der Waals surface area (Å²) in [6.45, 7) is 3.73. The topological polar surface area (TPSA) is 113 Å². The number of aromatic nitrogens is 1. The number of ether oxygens (including phenoxy) is 1. The molecule has 0 aliphatic carbocycles. The lowest BCUT2D eigenvalue weighted by Gasteiger charge is -2.37. The van der Waals surface area contributed by atoms with Gasteiger partial charge in [0.2, 0.25) is 5.41 Å². The number of Topliss-reactive ketones (excluding diaryl/α,β-unsaturated/α-hetero) is 1. The van der Waals surface area contributed by atoms with Crippen molar-refractivity contribution < 1.29 is 33.5 Å². The molecule has 0 amide bonds. The van der Waals surface area contributed by atoms with Crippen LogP contribution in [0.4, 0.5) is 15.9 Å². The fraction of sp³-hybridized carbons (Fsp3) is 0.455. The molecular formula is C22H25FN4O6. The Morgan fingerprint density at radius 2 is 1.91 bits per heavy atom. The highest BCUT2D eigenvalue weighted by Gasteiger charge is 2.60. The van der Waals surface area contributed by atoms with E-state index in [-0.39, 0.29) is 18.0 Å². The highest BCUT2D eigenvalue weighted by molar-refractivity contribution is 6.28. The summed E-state index contributed by atoms with van der Waals surface area (Å²) in [5.74, 6) is -4.24. The smallest absolute Gasteiger partial charge is 0.333 e. The summed E-state index contributed by atoms with van der Waals surface area (Å²) in [7, 11) is 3.29. The van der Waals surface area contributed by atoms with Crippen molar-refractivity contribution in [3.63, 3.8) is 0 Å². The van der Waals surface area contributed by atoms with Crippen LogP contribution in [-0.4, -0.2) is 86.2 Å². The summed E-state index contributed by atoms with van der Waals surface area (Å²) >= 11 is 0. The van der Waals surface area contributed by atoms with Gasteiger partial charge in [-0.1, -0.05) is 0 Å². The summed E-state index contributed by atoms with van der Waals surface area (Å²) in [5, 5.41) is 11.2. The van der Waals surface area contributed by atoms with Crippen LogP contribution in [0.2, 0.25) is 0 Å². The van der Waals surface area contributed by atoms with Crippen molar-refractivity contribution in [2.45, 2.75) is 6.92 Å². The molecular weight excluding hydrogens is 435 g/mol. The van der Waals surface area contributed by atoms with Crippen LogP contribution in [0.15, 0.2) is 18.2 Å². The molecule has 1 aromatic heterocycles. The van der Waals surface area contributed by atoms with Gasteiger partial charge in [0.25, 0.3) is 0 Å². The lowest BCUT2D eigenvalue weighted by Crippen LogP contribution is -2.57. The Labute approximate surface area is 189 Å². The first kappa shape index (κ1) is 22.9. The second-order valence-electron chi connectivity index (χ2n) is 8.13. The zero-order valence-electron chi connectivity index (χ0n) is 18.6. The Hall–Kier alpha value is -3.31. The Bertz CT molecular complexity index is 1130. The molecule has 1 N–H and O–H groups in total. The highest BCUT2D eigenvalue weighted by Crippen LogP contribution is 2.39. The number of rotatable bonds is 5. The van der Waals surface area contributed by atoms with E-state index < -0.39 is 35.5 Å². The SMILES string of the molecule is CCOC(=O)C1(C(=O)O)CN(OC)c2nc3cc(N4CCN(C)CC4)c(F)cc3cc2C1=O. The summed E-state index contributed by atoms with van der Waals surface area (Å²) in [6, 6.07) is 4.22. The number of hydroxylamine groups is 1. The van der Waals surface area contributed by atoms with Crippen molar-refractivity contribution in [1.82, 2.24) is 9.88 Å². The number of ketones is 1. The van der Waals surface area contributed by atoms with Crippen LogP contribution >= 0.6 is 0 Å². The van der Waals surface area contributed by atoms with Gasteiger partial charge in [-0.05, 0) is 32.2 Å². The molecule has 11 heteroatoms. The number of esters is 1. The molecule has 4 rings (SSSR count). The Balaban J connectivity index is 1.84. The van der Waals surface area contributed by atoms with Crippen molar-refractivity contribution in [3.05, 3.63) is 29.6 Å². The monoisotopic (exact) mass is 460 g/mol. The van der Waals surface area contributed by atoms with Crippen LogP contribution in [0.3, 0.4) is 0 Å². The molecule has 1 unspecified atom stereocenters. The Kier molecular flexibility index (Phi) is 5.93. The zero-order chi connectivity index (χ0) is 23.9. The van der Waals surface area contributed by atoms with E-state index in [4.69, 9.17) is 9.57 Å². The number of pyridine rings is 1. The number of carbonyl (C=O) groups excluding carboxylic acids is 2. The second kappa shape index (κ2) is 8.56. The molecule has 1 atom stereocenters. The number of carbonyl (C=O) groups is 3. The van der Waals surface area contributed by atoms with E-state index in [1.165, 1.54) is 26.2 Å². The number of fused-ring (bicyclic) bond motifs is 2. The van der Waals surface area contributed by atoms with Crippen molar-refractivity contribution in [1.29, 1.82) is 0 Å². The molecule has 1 saturated heterocycles. The number of carboxylic acids is 1. The molecule has 0 saturated carbocycles. The maximum Gasteiger partial charge on any atom is 0.333 e. The van der Waals surface area contributed by atoms with Gasteiger partial charge >= 0.3 is 11.9 Å². The minimum atomic E-state index is -2.52. The lowest BCUT2D eigenvalue weighted by molar-refractivity contribution is -0.164. The molecule has 176 valence electrons. The van der Waals surface area contributed by atoms with E-state index in [2.05, 4.69) is 9.88 Å². The third kappa shape index (κ3) is 3.66. The van der Waals surface area contributed by atoms with E-state index >= 15 is 4.39 Å². The van der Waals surface area contributed by atoms with E-state index in [9.17, 15) is 19.5 Å². The van der Waals surface area contributed by atoms with Gasteiger partial charge < -0.3 is 19.6 Å². The van der Waals surface area contributed by atoms with Gasteiger partial charge in [-0.2, -0.15) is 0 Å². The van der Waals surface area contributed by atoms with Gasteiger partial charge in [0.15, 0.2) is 11.6 Å². The van der Waals surface area contributed by atoms with Gasteiger partial charge in [-0.15, -0.1) is 0 Å². The van der Waals surface area contributed by atoms with E-state index in [0.717, 1.165) is 18.2 Å². The summed E-state index contributed by atoms with van der Waals surface area (Å²) in [6.07, 6.45) is 0. The molecule has 2 aliphatic rings. The molecule has 1 aromatic carbocycles. The molecule has 2 aromatic rings. The van der Waals surface area contributed by atoms with Crippen molar-refractivity contribution >= 4 is 40.1 Å². The standard InChI is InChI=1S/C22H25FN4O6/c1-4-33-21(31)22(20(29)30)12-27(32-3)19-14(18(22)28)9-13-10-15(23)17(11-16(13)24-19)26-7-5-25(2)6-8-26/h9-11H,4-8,12H2,1-3H3,(H,29,30). The fourth-order valence-electron chi connectivity index (χ4n) is 4.23. The van der Waals surface area contributed by atoms with Crippen LogP contribution in [0.1, 0.15) is 17.3 Å². The van der Waals surface area contributed by atoms with Crippen molar-refractivity contribution in [3.8, 4) is 0 Å². The minimum Gasteiger partial charge on any atom is -0.480 e. The van der Waals surface area contributed by atoms with Crippen LogP contribution in [-0.2, 0) is 19.2 Å². The number of piperazine rings is 1. The fourth-order valence-corrected chi connectivity index (χ4v) is 4.23. The number of nitrogens with zero attached hydrogens (tertiary/aromatic N) is 4. The molecule has 1 fully saturated rings. The van der Waals surface area contributed by atoms with E-state index in [1.54, 1.807) is 6.07 Å². The first-order valence-electron chi connectivity index (χ1n) is 10.6. The molecule has 3 heterocycles. The Morgan fingerprint density at radius 3 is 2.52 bits per heavy atom. The summed E-state index contributed by atoms with van der Waals surface area (Å²) in [4.78, 5) is 51.9. The van der Waals surface area contributed by atoms with E-state index in [0.29, 0.717) is 29.7 Å². The van der Waals surface area contributed by atoms with Crippen LogP contribution in [0.25, 0.3) is 10.9 Å². The van der Waals surface area contributed by atoms with Crippen LogP contribution < -0.4 is 9.96 Å². The van der Waals surface area contributed by atoms with Crippen LogP contribution in [0.5, 0.6) is 0 Å². The first-order chi connectivity index (χ1) is 15.7. The van der Waals surface area contributed by atoms with Gasteiger partial charge in [-0.3, -0.25) is 19.2 Å². The predicted molar refractivity (Wildman–Crippen MR) is 117 cm³/mol. The normalized spacial score (nSPS) is 21.3. The molecule has 0 spiro atoms. The van der Waals surface area contributed by atoms with Crippen molar-refractivity contribution in [2.75, 3.05) is 63.5 Å². The molecule has 0 bridgehead atoms. The minimum absolute atomic E-state index is 0.0621. The number of anilines is 2. The third-order valence-electron chi connectivity index (χ3n) is 6.17. The van der Waals surface area contributed by atoms with E-state index in [1.807, 2.05) is 11.9 Å². The lowest BCUT2D eigenvalue weighted by atomic mass is 9.77. The van der Waals surface area contributed by atoms with Gasteiger partial charge in [0, 0.05) is 31.6 Å². The predicted octanol–water partition coefficient (Wildman–Crippen LogP) is 1.32. The maximum atomic E-state index is 15.0.